The molecule has 5 nitrogen and oxygen atoms in total. The number of carbonyl (C=O) groups excluding carboxylic acids is 1. The highest BCUT2D eigenvalue weighted by Crippen LogP contribution is 2.21. The van der Waals surface area contributed by atoms with E-state index in [0.29, 0.717) is 41.7 Å². The number of rotatable bonds is 7. The Kier molecular flexibility index (Phi) is 5.79. The van der Waals surface area contributed by atoms with Crippen molar-refractivity contribution in [3.63, 3.8) is 0 Å². The molecule has 0 unspecified atom stereocenters. The Hall–Kier alpha value is -2.24. The van der Waals surface area contributed by atoms with E-state index in [1.807, 2.05) is 36.5 Å². The molecule has 130 valence electrons. The second-order valence-electron chi connectivity index (χ2n) is 5.48. The van der Waals surface area contributed by atoms with Gasteiger partial charge in [0.15, 0.2) is 5.65 Å². The molecule has 0 saturated carbocycles. The van der Waals surface area contributed by atoms with Crippen LogP contribution in [0, 0.1) is 0 Å². The first-order valence-corrected chi connectivity index (χ1v) is 8.64. The molecule has 25 heavy (non-hydrogen) atoms. The molecule has 0 aliphatic heterocycles. The molecule has 0 aliphatic carbocycles. The molecule has 0 aliphatic rings. The van der Waals surface area contributed by atoms with Crippen LogP contribution in [0.3, 0.4) is 0 Å². The van der Waals surface area contributed by atoms with E-state index in [9.17, 15) is 4.79 Å². The molecule has 1 amide bonds. The maximum Gasteiger partial charge on any atom is 0.223 e. The highest BCUT2D eigenvalue weighted by atomic mass is 35.5. The Morgan fingerprint density at radius 1 is 1.20 bits per heavy atom. The Bertz CT molecular complexity index is 865. The maximum atomic E-state index is 11.8. The lowest BCUT2D eigenvalue weighted by molar-refractivity contribution is -0.121. The van der Waals surface area contributed by atoms with Gasteiger partial charge < -0.3 is 14.5 Å². The molecule has 2 heterocycles. The number of amides is 1. The van der Waals surface area contributed by atoms with Gasteiger partial charge >= 0.3 is 0 Å². The van der Waals surface area contributed by atoms with Crippen LogP contribution in [-0.2, 0) is 11.2 Å². The van der Waals surface area contributed by atoms with Crippen molar-refractivity contribution in [3.8, 4) is 5.75 Å². The minimum atomic E-state index is -0.0548. The van der Waals surface area contributed by atoms with Gasteiger partial charge in [0.05, 0.1) is 28.8 Å². The number of nitrogens with zero attached hydrogens (tertiary/aromatic N) is 2. The fraction of sp³-hybridized carbons (Fsp3) is 0.222. The Morgan fingerprint density at radius 2 is 2.00 bits per heavy atom. The van der Waals surface area contributed by atoms with Crippen LogP contribution in [0.5, 0.6) is 5.75 Å². The van der Waals surface area contributed by atoms with Crippen LogP contribution in [0.2, 0.25) is 10.0 Å². The average molecular weight is 378 g/mol. The predicted molar refractivity (Wildman–Crippen MR) is 98.5 cm³/mol. The highest BCUT2D eigenvalue weighted by Gasteiger charge is 2.08. The third kappa shape index (κ3) is 4.87. The van der Waals surface area contributed by atoms with Crippen LogP contribution in [0.15, 0.2) is 48.8 Å². The summed E-state index contributed by atoms with van der Waals surface area (Å²) in [4.78, 5) is 16.3. The summed E-state index contributed by atoms with van der Waals surface area (Å²) in [6.45, 7) is 0.845. The van der Waals surface area contributed by atoms with Crippen LogP contribution < -0.4 is 10.1 Å². The number of imidazole rings is 1. The molecule has 3 rings (SSSR count). The molecule has 0 atom stereocenters. The quantitative estimate of drug-likeness (QED) is 0.681. The molecule has 0 bridgehead atoms. The summed E-state index contributed by atoms with van der Waals surface area (Å²) >= 11 is 12.1. The number of carbonyl (C=O) groups is 1. The lowest BCUT2D eigenvalue weighted by Gasteiger charge is -2.06. The van der Waals surface area contributed by atoms with Crippen LogP contribution in [0.4, 0.5) is 0 Å². The van der Waals surface area contributed by atoms with Gasteiger partial charge in [-0.25, -0.2) is 4.98 Å². The lowest BCUT2D eigenvalue weighted by atomic mass is 10.3. The molecule has 1 aromatic carbocycles. The van der Waals surface area contributed by atoms with E-state index >= 15 is 0 Å². The predicted octanol–water partition coefficient (Wildman–Crippen LogP) is 3.77. The Balaban J connectivity index is 1.43. The molecular formula is C18H17Cl2N3O2. The zero-order chi connectivity index (χ0) is 17.6. The first-order valence-electron chi connectivity index (χ1n) is 7.89. The molecule has 7 heteroatoms. The van der Waals surface area contributed by atoms with Crippen molar-refractivity contribution in [2.24, 2.45) is 0 Å². The third-order valence-electron chi connectivity index (χ3n) is 3.57. The van der Waals surface area contributed by atoms with Gasteiger partial charge in [-0.05, 0) is 18.2 Å². The van der Waals surface area contributed by atoms with Crippen molar-refractivity contribution < 1.29 is 9.53 Å². The fourth-order valence-corrected chi connectivity index (χ4v) is 2.92. The Morgan fingerprint density at radius 3 is 2.80 bits per heavy atom. The van der Waals surface area contributed by atoms with E-state index in [2.05, 4.69) is 10.3 Å². The smallest absolute Gasteiger partial charge is 0.223 e. The molecule has 0 radical (unpaired) electrons. The molecule has 2 aromatic heterocycles. The van der Waals surface area contributed by atoms with E-state index < -0.39 is 0 Å². The van der Waals surface area contributed by atoms with Gasteiger partial charge in [-0.15, -0.1) is 0 Å². The number of ether oxygens (including phenoxy) is 1. The normalized spacial score (nSPS) is 10.8. The van der Waals surface area contributed by atoms with Crippen molar-refractivity contribution in [2.45, 2.75) is 12.8 Å². The van der Waals surface area contributed by atoms with Gasteiger partial charge in [-0.3, -0.25) is 4.79 Å². The lowest BCUT2D eigenvalue weighted by Crippen LogP contribution is -2.27. The number of benzene rings is 1. The zero-order valence-electron chi connectivity index (χ0n) is 13.4. The minimum absolute atomic E-state index is 0.0548. The Labute approximate surface area is 155 Å². The number of nitrogens with one attached hydrogen (secondary N) is 1. The molecule has 3 aromatic rings. The molecule has 0 fully saturated rings. The van der Waals surface area contributed by atoms with Gasteiger partial charge in [0.2, 0.25) is 5.91 Å². The van der Waals surface area contributed by atoms with Gasteiger partial charge in [0, 0.05) is 25.4 Å². The van der Waals surface area contributed by atoms with Gasteiger partial charge in [0.25, 0.3) is 0 Å². The van der Waals surface area contributed by atoms with E-state index in [0.717, 1.165) is 11.4 Å². The van der Waals surface area contributed by atoms with Crippen LogP contribution in [-0.4, -0.2) is 28.4 Å². The number of para-hydroxylation sites is 1. The second kappa shape index (κ2) is 8.23. The van der Waals surface area contributed by atoms with Crippen molar-refractivity contribution in [1.82, 2.24) is 14.7 Å². The number of aromatic nitrogens is 2. The van der Waals surface area contributed by atoms with Crippen molar-refractivity contribution >= 4 is 34.8 Å². The van der Waals surface area contributed by atoms with E-state index in [4.69, 9.17) is 27.9 Å². The largest absolute Gasteiger partial charge is 0.493 e. The molecule has 0 saturated heterocycles. The number of hydrogen-bond donors (Lipinski definition) is 1. The summed E-state index contributed by atoms with van der Waals surface area (Å²) in [5.74, 6) is 0.705. The summed E-state index contributed by atoms with van der Waals surface area (Å²) in [6, 6.07) is 11.1. The summed E-state index contributed by atoms with van der Waals surface area (Å²) < 4.78 is 7.29. The van der Waals surface area contributed by atoms with E-state index in [1.54, 1.807) is 16.7 Å². The first kappa shape index (κ1) is 17.6. The monoisotopic (exact) mass is 377 g/mol. The summed E-state index contributed by atoms with van der Waals surface area (Å²) in [5.41, 5.74) is 1.49. The van der Waals surface area contributed by atoms with Crippen molar-refractivity contribution in [1.29, 1.82) is 0 Å². The van der Waals surface area contributed by atoms with Crippen LogP contribution >= 0.6 is 23.2 Å². The highest BCUT2D eigenvalue weighted by molar-refractivity contribution is 6.36. The minimum Gasteiger partial charge on any atom is -0.493 e. The van der Waals surface area contributed by atoms with Gasteiger partial charge in [0.1, 0.15) is 5.75 Å². The van der Waals surface area contributed by atoms with E-state index in [1.165, 1.54) is 0 Å². The number of hydrogen-bond acceptors (Lipinski definition) is 3. The molecular weight excluding hydrogens is 361 g/mol. The standard InChI is InChI=1S/C18H17Cl2N3O2/c19-13-10-16(20)18-22-14(12-23(18)11-13)6-8-21-17(24)7-9-25-15-4-2-1-3-5-15/h1-5,10-12H,6-9H2,(H,21,24). The average Bonchev–Trinajstić information content (AvgIpc) is 2.99. The summed E-state index contributed by atoms with van der Waals surface area (Å²) in [7, 11) is 0. The number of pyridine rings is 1. The van der Waals surface area contributed by atoms with Gasteiger partial charge in [-0.2, -0.15) is 0 Å². The van der Waals surface area contributed by atoms with Crippen LogP contribution in [0.1, 0.15) is 12.1 Å². The topological polar surface area (TPSA) is 55.6 Å². The summed E-state index contributed by atoms with van der Waals surface area (Å²) in [5, 5.41) is 3.91. The van der Waals surface area contributed by atoms with Gasteiger partial charge in [-0.1, -0.05) is 41.4 Å². The number of fused-ring (bicyclic) bond motifs is 1. The first-order chi connectivity index (χ1) is 12.1. The maximum absolute atomic E-state index is 11.8. The fourth-order valence-electron chi connectivity index (χ4n) is 2.39. The van der Waals surface area contributed by atoms with Crippen molar-refractivity contribution in [2.75, 3.05) is 13.2 Å². The van der Waals surface area contributed by atoms with Crippen molar-refractivity contribution in [3.05, 3.63) is 64.5 Å². The number of halogens is 2. The third-order valence-corrected chi connectivity index (χ3v) is 4.05. The SMILES string of the molecule is O=C(CCOc1ccccc1)NCCc1cn2cc(Cl)cc(Cl)c2n1. The van der Waals surface area contributed by atoms with Crippen LogP contribution in [0.25, 0.3) is 5.65 Å². The molecule has 1 N–H and O–H groups in total. The second-order valence-corrected chi connectivity index (χ2v) is 6.32. The van der Waals surface area contributed by atoms with E-state index in [-0.39, 0.29) is 5.91 Å². The summed E-state index contributed by atoms with van der Waals surface area (Å²) in [6.07, 6.45) is 4.53. The zero-order valence-corrected chi connectivity index (χ0v) is 14.9. The molecule has 0 spiro atoms.